The maximum Gasteiger partial charge on any atom is 0.0564 e. The van der Waals surface area contributed by atoms with Gasteiger partial charge in [0.2, 0.25) is 0 Å². The molecule has 0 aliphatic rings. The Kier molecular flexibility index (Phi) is 3.74. The van der Waals surface area contributed by atoms with Crippen LogP contribution in [0.25, 0.3) is 5.70 Å². The van der Waals surface area contributed by atoms with Gasteiger partial charge in [0.15, 0.2) is 0 Å². The van der Waals surface area contributed by atoms with E-state index >= 15 is 0 Å². The van der Waals surface area contributed by atoms with Gasteiger partial charge in [-0.3, -0.25) is 0 Å². The van der Waals surface area contributed by atoms with Crippen molar-refractivity contribution < 1.29 is 0 Å². The monoisotopic (exact) mass is 205 g/mol. The van der Waals surface area contributed by atoms with E-state index in [1.165, 1.54) is 10.6 Å². The van der Waals surface area contributed by atoms with Gasteiger partial charge in [-0.1, -0.05) is 38.1 Å². The molecule has 0 aliphatic carbocycles. The van der Waals surface area contributed by atoms with Crippen LogP contribution in [-0.4, -0.2) is 12.1 Å². The quantitative estimate of drug-likeness (QED) is 0.585. The number of hydrazine groups is 1. The maximum atomic E-state index is 5.86. The number of nitrogens with two attached hydrogens (primary N) is 2. The van der Waals surface area contributed by atoms with E-state index < -0.39 is 0 Å². The predicted molar refractivity (Wildman–Crippen MR) is 64.6 cm³/mol. The summed E-state index contributed by atoms with van der Waals surface area (Å²) in [5.41, 5.74) is 8.85. The minimum Gasteiger partial charge on any atom is -0.397 e. The zero-order valence-electron chi connectivity index (χ0n) is 9.57. The normalized spacial score (nSPS) is 11.9. The largest absolute Gasteiger partial charge is 0.397 e. The Labute approximate surface area is 91.3 Å². The molecule has 1 rings (SSSR count). The van der Waals surface area contributed by atoms with Gasteiger partial charge in [0.25, 0.3) is 0 Å². The van der Waals surface area contributed by atoms with Crippen LogP contribution in [0.2, 0.25) is 0 Å². The van der Waals surface area contributed by atoms with Crippen molar-refractivity contribution in [2.24, 2.45) is 11.6 Å². The summed E-state index contributed by atoms with van der Waals surface area (Å²) in [4.78, 5) is 0. The first kappa shape index (κ1) is 11.6. The SMILES string of the molecule is CC(C)c1ccc(/C(N)=C/N(C)N)cc1. The lowest BCUT2D eigenvalue weighted by Gasteiger charge is -2.09. The second-order valence-electron chi connectivity index (χ2n) is 4.03. The van der Waals surface area contributed by atoms with E-state index in [0.29, 0.717) is 11.6 Å². The van der Waals surface area contributed by atoms with Gasteiger partial charge in [-0.05, 0) is 17.0 Å². The summed E-state index contributed by atoms with van der Waals surface area (Å²) in [5.74, 6) is 6.03. The van der Waals surface area contributed by atoms with Gasteiger partial charge in [0.05, 0.1) is 5.70 Å². The minimum atomic E-state index is 0.543. The first-order valence-corrected chi connectivity index (χ1v) is 5.06. The Balaban J connectivity index is 2.89. The smallest absolute Gasteiger partial charge is 0.0564 e. The Morgan fingerprint density at radius 1 is 1.27 bits per heavy atom. The molecule has 0 aliphatic heterocycles. The molecule has 0 unspecified atom stereocenters. The molecule has 15 heavy (non-hydrogen) atoms. The molecule has 3 heteroatoms. The van der Waals surface area contributed by atoms with E-state index in [2.05, 4.69) is 26.0 Å². The summed E-state index contributed by atoms with van der Waals surface area (Å²) in [7, 11) is 1.75. The Bertz CT molecular complexity index is 336. The highest BCUT2D eigenvalue weighted by molar-refractivity contribution is 5.62. The molecule has 0 radical (unpaired) electrons. The zero-order valence-corrected chi connectivity index (χ0v) is 9.57. The van der Waals surface area contributed by atoms with Crippen LogP contribution in [0.15, 0.2) is 30.5 Å². The molecule has 1 aromatic carbocycles. The molecular formula is C12H19N3. The molecule has 0 fully saturated rings. The molecule has 0 spiro atoms. The fourth-order valence-electron chi connectivity index (χ4n) is 1.35. The highest BCUT2D eigenvalue weighted by atomic mass is 15.4. The third-order valence-corrected chi connectivity index (χ3v) is 2.25. The van der Waals surface area contributed by atoms with Crippen molar-refractivity contribution in [1.82, 2.24) is 5.01 Å². The predicted octanol–water partition coefficient (Wildman–Crippen LogP) is 1.87. The summed E-state index contributed by atoms with van der Waals surface area (Å²) in [6, 6.07) is 8.23. The molecule has 0 amide bonds. The van der Waals surface area contributed by atoms with E-state index in [1.807, 2.05) is 12.1 Å². The lowest BCUT2D eigenvalue weighted by atomic mass is 10.0. The van der Waals surface area contributed by atoms with Crippen LogP contribution in [0, 0.1) is 0 Å². The number of rotatable bonds is 3. The first-order valence-electron chi connectivity index (χ1n) is 5.06. The molecule has 0 bridgehead atoms. The summed E-state index contributed by atoms with van der Waals surface area (Å²) in [5, 5.41) is 1.45. The van der Waals surface area contributed by atoms with Crippen molar-refractivity contribution in [1.29, 1.82) is 0 Å². The summed E-state index contributed by atoms with van der Waals surface area (Å²) in [6.45, 7) is 4.34. The fourth-order valence-corrected chi connectivity index (χ4v) is 1.35. The third-order valence-electron chi connectivity index (χ3n) is 2.25. The third kappa shape index (κ3) is 3.29. The number of benzene rings is 1. The van der Waals surface area contributed by atoms with Gasteiger partial charge in [-0.2, -0.15) is 0 Å². The van der Waals surface area contributed by atoms with Crippen LogP contribution in [0.3, 0.4) is 0 Å². The van der Waals surface area contributed by atoms with E-state index in [9.17, 15) is 0 Å². The molecule has 4 N–H and O–H groups in total. The van der Waals surface area contributed by atoms with Crippen molar-refractivity contribution in [2.45, 2.75) is 19.8 Å². The topological polar surface area (TPSA) is 55.3 Å². The molecule has 0 atom stereocenters. The van der Waals surface area contributed by atoms with Crippen LogP contribution in [0.5, 0.6) is 0 Å². The highest BCUT2D eigenvalue weighted by Gasteiger charge is 2.00. The van der Waals surface area contributed by atoms with Gasteiger partial charge in [0, 0.05) is 13.2 Å². The molecule has 0 heterocycles. The van der Waals surface area contributed by atoms with Gasteiger partial charge >= 0.3 is 0 Å². The lowest BCUT2D eigenvalue weighted by Crippen LogP contribution is -2.20. The van der Waals surface area contributed by atoms with Gasteiger partial charge in [-0.15, -0.1) is 0 Å². The fraction of sp³-hybridized carbons (Fsp3) is 0.333. The van der Waals surface area contributed by atoms with Crippen LogP contribution in [0.1, 0.15) is 30.9 Å². The van der Waals surface area contributed by atoms with Crippen molar-refractivity contribution in [3.63, 3.8) is 0 Å². The number of hydrogen-bond acceptors (Lipinski definition) is 3. The van der Waals surface area contributed by atoms with Crippen LogP contribution >= 0.6 is 0 Å². The number of hydrogen-bond donors (Lipinski definition) is 2. The lowest BCUT2D eigenvalue weighted by molar-refractivity contribution is 0.486. The zero-order chi connectivity index (χ0) is 11.4. The van der Waals surface area contributed by atoms with Crippen LogP contribution < -0.4 is 11.6 Å². The van der Waals surface area contributed by atoms with Crippen LogP contribution in [0.4, 0.5) is 0 Å². The number of nitrogens with zero attached hydrogens (tertiary/aromatic N) is 1. The highest BCUT2D eigenvalue weighted by Crippen LogP contribution is 2.17. The molecule has 82 valence electrons. The van der Waals surface area contributed by atoms with Crippen molar-refractivity contribution in [2.75, 3.05) is 7.05 Å². The molecule has 0 saturated carbocycles. The van der Waals surface area contributed by atoms with Crippen LogP contribution in [-0.2, 0) is 0 Å². The molecular weight excluding hydrogens is 186 g/mol. The summed E-state index contributed by atoms with van der Waals surface area (Å²) in [6.07, 6.45) is 1.70. The van der Waals surface area contributed by atoms with E-state index in [1.54, 1.807) is 13.2 Å². The molecule has 0 aromatic heterocycles. The first-order chi connectivity index (χ1) is 7.00. The Morgan fingerprint density at radius 2 is 1.80 bits per heavy atom. The molecule has 0 saturated heterocycles. The van der Waals surface area contributed by atoms with E-state index in [-0.39, 0.29) is 0 Å². The maximum absolute atomic E-state index is 5.86. The Hall–Kier alpha value is -1.48. The molecule has 1 aromatic rings. The van der Waals surface area contributed by atoms with Gasteiger partial charge in [-0.25, -0.2) is 5.84 Å². The van der Waals surface area contributed by atoms with Gasteiger partial charge < -0.3 is 10.7 Å². The average Bonchev–Trinajstić information content (AvgIpc) is 2.17. The minimum absolute atomic E-state index is 0.543. The van der Waals surface area contributed by atoms with E-state index in [0.717, 1.165) is 5.56 Å². The second kappa shape index (κ2) is 4.84. The van der Waals surface area contributed by atoms with Crippen molar-refractivity contribution >= 4 is 5.70 Å². The summed E-state index contributed by atoms with van der Waals surface area (Å²) >= 11 is 0. The molecule has 3 nitrogen and oxygen atoms in total. The van der Waals surface area contributed by atoms with Crippen molar-refractivity contribution in [3.05, 3.63) is 41.6 Å². The standard InChI is InChI=1S/C12H19N3/c1-9(2)10-4-6-11(7-5-10)12(13)8-15(3)14/h4-9H,13-14H2,1-3H3/b12-8-. The van der Waals surface area contributed by atoms with Crippen molar-refractivity contribution in [3.8, 4) is 0 Å². The Morgan fingerprint density at radius 3 is 2.20 bits per heavy atom. The summed E-state index contributed by atoms with van der Waals surface area (Å²) < 4.78 is 0. The van der Waals surface area contributed by atoms with Gasteiger partial charge in [0.1, 0.15) is 0 Å². The van der Waals surface area contributed by atoms with E-state index in [4.69, 9.17) is 11.6 Å². The second-order valence-corrected chi connectivity index (χ2v) is 4.03. The average molecular weight is 205 g/mol.